The summed E-state index contributed by atoms with van der Waals surface area (Å²) in [7, 11) is 0. The van der Waals surface area contributed by atoms with Gasteiger partial charge in [0.05, 0.1) is 25.5 Å². The van der Waals surface area contributed by atoms with Crippen LogP contribution in [0.15, 0.2) is 48.8 Å². The summed E-state index contributed by atoms with van der Waals surface area (Å²) in [4.78, 5) is 11.3. The molecule has 2 N–H and O–H groups in total. The Morgan fingerprint density at radius 3 is 2.45 bits per heavy atom. The molecular formula is C29H33N5O4. The van der Waals surface area contributed by atoms with Crippen molar-refractivity contribution in [1.82, 2.24) is 20.2 Å². The number of aryl methyl sites for hydroxylation is 1. The normalized spacial score (nSPS) is 15.1. The van der Waals surface area contributed by atoms with Gasteiger partial charge in [-0.1, -0.05) is 32.9 Å². The molecule has 0 saturated carbocycles. The smallest absolute Gasteiger partial charge is 0.248 e. The Morgan fingerprint density at radius 2 is 1.79 bits per heavy atom. The minimum atomic E-state index is -0.958. The van der Waals surface area contributed by atoms with Gasteiger partial charge in [0.15, 0.2) is 5.82 Å². The highest BCUT2D eigenvalue weighted by Crippen LogP contribution is 2.36. The maximum absolute atomic E-state index is 10.0. The van der Waals surface area contributed by atoms with Crippen LogP contribution in [0.5, 0.6) is 11.8 Å². The van der Waals surface area contributed by atoms with Gasteiger partial charge in [-0.3, -0.25) is 4.98 Å². The number of benzene rings is 1. The molecule has 38 heavy (non-hydrogen) atoms. The number of aliphatic hydroxyl groups is 2. The minimum absolute atomic E-state index is 0.00517. The van der Waals surface area contributed by atoms with Crippen molar-refractivity contribution in [3.63, 3.8) is 0 Å². The average Bonchev–Trinajstić information content (AvgIpc) is 2.92. The molecule has 0 aliphatic carbocycles. The third-order valence-corrected chi connectivity index (χ3v) is 6.77. The molecule has 1 atom stereocenters. The molecule has 0 bridgehead atoms. The topological polar surface area (TPSA) is 114 Å². The van der Waals surface area contributed by atoms with Crippen LogP contribution in [0.3, 0.4) is 0 Å². The molecule has 0 unspecified atom stereocenters. The number of anilines is 1. The maximum Gasteiger partial charge on any atom is 0.248 e. The van der Waals surface area contributed by atoms with Gasteiger partial charge in [0.1, 0.15) is 6.10 Å². The highest BCUT2D eigenvalue weighted by atomic mass is 16.5. The number of aliphatic hydroxyl groups excluding tert-OH is 2. The van der Waals surface area contributed by atoms with E-state index in [1.807, 2.05) is 43.5 Å². The molecule has 0 amide bonds. The third-order valence-electron chi connectivity index (χ3n) is 6.77. The molecule has 1 saturated heterocycles. The lowest BCUT2D eigenvalue weighted by molar-refractivity contribution is 0.0953. The van der Waals surface area contributed by atoms with E-state index >= 15 is 0 Å². The summed E-state index contributed by atoms with van der Waals surface area (Å²) in [5, 5.41) is 30.0. The van der Waals surface area contributed by atoms with Gasteiger partial charge >= 0.3 is 0 Å². The van der Waals surface area contributed by atoms with Gasteiger partial charge in [0.25, 0.3) is 0 Å². The van der Waals surface area contributed by atoms with Gasteiger partial charge in [-0.25, -0.2) is 4.98 Å². The van der Waals surface area contributed by atoms with Crippen molar-refractivity contribution in [2.45, 2.75) is 39.2 Å². The first-order valence-electron chi connectivity index (χ1n) is 12.8. The van der Waals surface area contributed by atoms with Crippen molar-refractivity contribution < 1.29 is 19.7 Å². The van der Waals surface area contributed by atoms with E-state index in [0.29, 0.717) is 30.5 Å². The van der Waals surface area contributed by atoms with Gasteiger partial charge < -0.3 is 24.6 Å². The average molecular weight is 516 g/mol. The molecule has 5 rings (SSSR count). The van der Waals surface area contributed by atoms with E-state index in [-0.39, 0.29) is 12.0 Å². The summed E-state index contributed by atoms with van der Waals surface area (Å²) < 4.78 is 11.7. The van der Waals surface area contributed by atoms with E-state index in [4.69, 9.17) is 9.47 Å². The number of nitrogens with zero attached hydrogens (tertiary/aromatic N) is 5. The first-order valence-corrected chi connectivity index (χ1v) is 12.8. The van der Waals surface area contributed by atoms with Crippen LogP contribution in [0, 0.1) is 6.92 Å². The predicted octanol–water partition coefficient (Wildman–Crippen LogP) is 4.35. The van der Waals surface area contributed by atoms with Gasteiger partial charge in [-0.15, -0.1) is 10.2 Å². The Hall–Kier alpha value is -3.66. The van der Waals surface area contributed by atoms with E-state index in [1.54, 1.807) is 6.20 Å². The second kappa shape index (κ2) is 10.6. The first kappa shape index (κ1) is 26.0. The van der Waals surface area contributed by atoms with E-state index in [9.17, 15) is 10.2 Å². The van der Waals surface area contributed by atoms with Crippen LogP contribution in [-0.2, 0) is 10.2 Å². The summed E-state index contributed by atoms with van der Waals surface area (Å²) in [6.07, 6.45) is 2.47. The lowest BCUT2D eigenvalue weighted by atomic mass is 9.88. The summed E-state index contributed by atoms with van der Waals surface area (Å²) in [6, 6.07) is 11.7. The van der Waals surface area contributed by atoms with Crippen molar-refractivity contribution >= 4 is 16.6 Å². The summed E-state index contributed by atoms with van der Waals surface area (Å²) in [5.74, 6) is 1.59. The summed E-state index contributed by atoms with van der Waals surface area (Å²) in [5.41, 5.74) is 4.27. The number of ether oxygens (including phenoxy) is 2. The zero-order valence-corrected chi connectivity index (χ0v) is 22.2. The zero-order chi connectivity index (χ0) is 26.9. The molecule has 1 aromatic carbocycles. The molecule has 4 aromatic rings. The Kier molecular flexibility index (Phi) is 7.25. The van der Waals surface area contributed by atoms with Crippen molar-refractivity contribution in [3.8, 4) is 23.0 Å². The number of aromatic nitrogens is 4. The van der Waals surface area contributed by atoms with Crippen molar-refractivity contribution in [1.29, 1.82) is 0 Å². The second-order valence-electron chi connectivity index (χ2n) is 10.6. The monoisotopic (exact) mass is 515 g/mol. The Morgan fingerprint density at radius 1 is 1.00 bits per heavy atom. The van der Waals surface area contributed by atoms with Gasteiger partial charge in [0, 0.05) is 53.4 Å². The van der Waals surface area contributed by atoms with Crippen molar-refractivity contribution in [2.75, 3.05) is 37.8 Å². The lowest BCUT2D eigenvalue weighted by Crippen LogP contribution is -2.37. The fourth-order valence-corrected chi connectivity index (χ4v) is 4.52. The van der Waals surface area contributed by atoms with E-state index in [1.165, 1.54) is 0 Å². The molecular weight excluding hydrogens is 482 g/mol. The summed E-state index contributed by atoms with van der Waals surface area (Å²) in [6.45, 7) is 10.7. The Labute approximate surface area is 222 Å². The molecule has 9 heteroatoms. The predicted molar refractivity (Wildman–Crippen MR) is 146 cm³/mol. The van der Waals surface area contributed by atoms with Crippen LogP contribution in [0.25, 0.3) is 22.0 Å². The quantitative estimate of drug-likeness (QED) is 0.387. The second-order valence-corrected chi connectivity index (χ2v) is 10.6. The number of morpholine rings is 1. The van der Waals surface area contributed by atoms with Crippen LogP contribution < -0.4 is 9.64 Å². The number of pyridine rings is 2. The molecule has 0 radical (unpaired) electrons. The molecule has 3 aromatic heterocycles. The number of fused-ring (bicyclic) bond motifs is 1. The molecule has 9 nitrogen and oxygen atoms in total. The van der Waals surface area contributed by atoms with Gasteiger partial charge in [-0.05, 0) is 41.7 Å². The van der Waals surface area contributed by atoms with Crippen LogP contribution in [0.2, 0.25) is 0 Å². The SMILES string of the molecule is Cc1cc([C@@H](O)CO)cnc1-c1ccc2c(Oc3ccc(C(C)(C)C)cn3)nnc(N3CCOCC3)c2c1. The number of hydrogen-bond acceptors (Lipinski definition) is 9. The van der Waals surface area contributed by atoms with Gasteiger partial charge in [-0.2, -0.15) is 0 Å². The molecule has 1 aliphatic heterocycles. The Bertz CT molecular complexity index is 1430. The molecule has 0 spiro atoms. The maximum atomic E-state index is 10.0. The molecule has 1 aliphatic rings. The molecule has 1 fully saturated rings. The van der Waals surface area contributed by atoms with Crippen molar-refractivity contribution in [3.05, 3.63) is 65.5 Å². The van der Waals surface area contributed by atoms with E-state index < -0.39 is 6.10 Å². The minimum Gasteiger partial charge on any atom is -0.418 e. The third kappa shape index (κ3) is 5.31. The highest BCUT2D eigenvalue weighted by Gasteiger charge is 2.21. The van der Waals surface area contributed by atoms with E-state index in [0.717, 1.165) is 52.1 Å². The first-order chi connectivity index (χ1) is 18.2. The number of rotatable bonds is 6. The Balaban J connectivity index is 1.57. The van der Waals surface area contributed by atoms with Crippen LogP contribution in [0.4, 0.5) is 5.82 Å². The standard InChI is InChI=1S/C29H33N5O4/c1-18-13-20(24(36)17-35)15-31-26(18)19-5-7-22-23(14-19)27(34-9-11-37-12-10-34)32-33-28(22)38-25-8-6-21(16-30-25)29(2,3)4/h5-8,13-16,24,35-36H,9-12,17H2,1-4H3/t24-/m0/s1. The van der Waals surface area contributed by atoms with Gasteiger partial charge in [0.2, 0.25) is 11.8 Å². The van der Waals surface area contributed by atoms with Crippen LogP contribution >= 0.6 is 0 Å². The number of hydrogen-bond donors (Lipinski definition) is 2. The van der Waals surface area contributed by atoms with Crippen LogP contribution in [-0.4, -0.2) is 63.3 Å². The highest BCUT2D eigenvalue weighted by molar-refractivity contribution is 5.98. The lowest BCUT2D eigenvalue weighted by Gasteiger charge is -2.28. The fraction of sp³-hybridized carbons (Fsp3) is 0.379. The zero-order valence-electron chi connectivity index (χ0n) is 22.2. The van der Waals surface area contributed by atoms with E-state index in [2.05, 4.69) is 51.9 Å². The van der Waals surface area contributed by atoms with Crippen LogP contribution in [0.1, 0.15) is 43.6 Å². The largest absolute Gasteiger partial charge is 0.418 e. The summed E-state index contributed by atoms with van der Waals surface area (Å²) >= 11 is 0. The molecule has 198 valence electrons. The molecule has 4 heterocycles. The van der Waals surface area contributed by atoms with Crippen molar-refractivity contribution in [2.24, 2.45) is 0 Å². The fourth-order valence-electron chi connectivity index (χ4n) is 4.52.